The summed E-state index contributed by atoms with van der Waals surface area (Å²) in [6, 6.07) is 6.39. The third-order valence-corrected chi connectivity index (χ3v) is 5.58. The van der Waals surface area contributed by atoms with Crippen molar-refractivity contribution in [3.05, 3.63) is 35.4 Å². The third kappa shape index (κ3) is 3.02. The molecule has 0 spiro atoms. The molecule has 5 nitrogen and oxygen atoms in total. The Balaban J connectivity index is 2.39. The van der Waals surface area contributed by atoms with Crippen molar-refractivity contribution < 1.29 is 18.3 Å². The maximum absolute atomic E-state index is 12.4. The molecule has 1 N–H and O–H groups in total. The van der Waals surface area contributed by atoms with Gasteiger partial charge in [-0.15, -0.1) is 0 Å². The van der Waals surface area contributed by atoms with E-state index in [4.69, 9.17) is 0 Å². The lowest BCUT2D eigenvalue weighted by Gasteiger charge is -2.33. The van der Waals surface area contributed by atoms with Gasteiger partial charge in [0.2, 0.25) is 10.0 Å². The largest absolute Gasteiger partial charge is 0.480 e. The van der Waals surface area contributed by atoms with E-state index in [9.17, 15) is 18.3 Å². The SMILES string of the molecule is CC(C)CS(=O)(=O)N1Cc2ccccc2C[C@@H]1C(=O)O. The van der Waals surface area contributed by atoms with Crippen LogP contribution in [0.5, 0.6) is 0 Å². The molecule has 0 saturated heterocycles. The lowest BCUT2D eigenvalue weighted by molar-refractivity contribution is -0.141. The first-order valence-corrected chi connectivity index (χ1v) is 8.21. The predicted octanol–water partition coefficient (Wildman–Crippen LogP) is 1.48. The van der Waals surface area contributed by atoms with Gasteiger partial charge >= 0.3 is 5.97 Å². The predicted molar refractivity (Wildman–Crippen MR) is 75.7 cm³/mol. The fraction of sp³-hybridized carbons (Fsp3) is 0.500. The Bertz CT molecular complexity index is 609. The zero-order valence-electron chi connectivity index (χ0n) is 11.6. The summed E-state index contributed by atoms with van der Waals surface area (Å²) in [5.74, 6) is -1.16. The van der Waals surface area contributed by atoms with Crippen LogP contribution in [0.4, 0.5) is 0 Å². The summed E-state index contributed by atoms with van der Waals surface area (Å²) in [6.45, 7) is 3.76. The number of sulfonamides is 1. The Labute approximate surface area is 119 Å². The Kier molecular flexibility index (Phi) is 4.15. The molecule has 0 radical (unpaired) electrons. The molecule has 0 aromatic heterocycles. The van der Waals surface area contributed by atoms with Gasteiger partial charge in [0, 0.05) is 13.0 Å². The lowest BCUT2D eigenvalue weighted by Crippen LogP contribution is -2.49. The maximum Gasteiger partial charge on any atom is 0.322 e. The first kappa shape index (κ1) is 15.0. The lowest BCUT2D eigenvalue weighted by atomic mass is 9.96. The van der Waals surface area contributed by atoms with Crippen molar-refractivity contribution in [1.82, 2.24) is 4.31 Å². The van der Waals surface area contributed by atoms with Crippen LogP contribution >= 0.6 is 0 Å². The van der Waals surface area contributed by atoms with Gasteiger partial charge in [0.25, 0.3) is 0 Å². The molecule has 0 aliphatic carbocycles. The molecule has 1 aliphatic heterocycles. The highest BCUT2D eigenvalue weighted by Gasteiger charge is 2.38. The van der Waals surface area contributed by atoms with E-state index in [1.54, 1.807) is 0 Å². The topological polar surface area (TPSA) is 74.7 Å². The van der Waals surface area contributed by atoms with Gasteiger partial charge < -0.3 is 5.11 Å². The van der Waals surface area contributed by atoms with E-state index in [0.717, 1.165) is 15.4 Å². The third-order valence-electron chi connectivity index (χ3n) is 3.39. The Morgan fingerprint density at radius 1 is 1.35 bits per heavy atom. The van der Waals surface area contributed by atoms with Crippen molar-refractivity contribution in [2.45, 2.75) is 32.9 Å². The molecule has 110 valence electrons. The van der Waals surface area contributed by atoms with E-state index >= 15 is 0 Å². The van der Waals surface area contributed by atoms with Crippen molar-refractivity contribution in [2.24, 2.45) is 5.92 Å². The summed E-state index contributed by atoms with van der Waals surface area (Å²) in [5.41, 5.74) is 1.80. The van der Waals surface area contributed by atoms with E-state index in [2.05, 4.69) is 0 Å². The Hall–Kier alpha value is -1.40. The molecule has 0 fully saturated rings. The minimum atomic E-state index is -3.57. The number of fused-ring (bicyclic) bond motifs is 1. The smallest absolute Gasteiger partial charge is 0.322 e. The van der Waals surface area contributed by atoms with Gasteiger partial charge in [0.15, 0.2) is 0 Å². The molecular formula is C14H19NO4S. The van der Waals surface area contributed by atoms with Crippen LogP contribution in [0.25, 0.3) is 0 Å². The fourth-order valence-corrected chi connectivity index (χ4v) is 4.44. The zero-order chi connectivity index (χ0) is 14.9. The van der Waals surface area contributed by atoms with Crippen LogP contribution < -0.4 is 0 Å². The number of hydrogen-bond acceptors (Lipinski definition) is 3. The molecule has 1 atom stereocenters. The van der Waals surface area contributed by atoms with Crippen LogP contribution in [0, 0.1) is 5.92 Å². The van der Waals surface area contributed by atoms with Crippen LogP contribution in [0.15, 0.2) is 24.3 Å². The van der Waals surface area contributed by atoms with E-state index < -0.39 is 22.0 Å². The first-order chi connectivity index (χ1) is 9.31. The first-order valence-electron chi connectivity index (χ1n) is 6.60. The fourth-order valence-electron chi connectivity index (χ4n) is 2.52. The van der Waals surface area contributed by atoms with Gasteiger partial charge in [-0.05, 0) is 17.0 Å². The van der Waals surface area contributed by atoms with E-state index in [-0.39, 0.29) is 24.6 Å². The Morgan fingerprint density at radius 2 is 1.95 bits per heavy atom. The van der Waals surface area contributed by atoms with E-state index in [0.29, 0.717) is 0 Å². The second kappa shape index (κ2) is 5.54. The molecule has 0 unspecified atom stereocenters. The van der Waals surface area contributed by atoms with Crippen LogP contribution in [-0.2, 0) is 27.8 Å². The van der Waals surface area contributed by atoms with Gasteiger partial charge in [-0.1, -0.05) is 38.1 Å². The van der Waals surface area contributed by atoms with Crippen molar-refractivity contribution in [3.8, 4) is 0 Å². The van der Waals surface area contributed by atoms with Crippen molar-refractivity contribution in [2.75, 3.05) is 5.75 Å². The summed E-state index contributed by atoms with van der Waals surface area (Å²) in [5, 5.41) is 9.33. The van der Waals surface area contributed by atoms with Gasteiger partial charge in [-0.25, -0.2) is 8.42 Å². The molecule has 6 heteroatoms. The summed E-state index contributed by atoms with van der Waals surface area (Å²) in [4.78, 5) is 11.4. The number of carboxylic acid groups (broad SMARTS) is 1. The highest BCUT2D eigenvalue weighted by atomic mass is 32.2. The molecule has 2 rings (SSSR count). The number of carboxylic acids is 1. The molecule has 1 aromatic carbocycles. The van der Waals surface area contributed by atoms with Crippen molar-refractivity contribution in [1.29, 1.82) is 0 Å². The van der Waals surface area contributed by atoms with Gasteiger partial charge in [-0.3, -0.25) is 4.79 Å². The minimum absolute atomic E-state index is 0.0288. The summed E-state index contributed by atoms with van der Waals surface area (Å²) >= 11 is 0. The highest BCUT2D eigenvalue weighted by Crippen LogP contribution is 2.26. The second-order valence-corrected chi connectivity index (χ2v) is 7.51. The number of rotatable bonds is 4. The van der Waals surface area contributed by atoms with Crippen LogP contribution in [0.3, 0.4) is 0 Å². The van der Waals surface area contributed by atoms with Gasteiger partial charge in [-0.2, -0.15) is 4.31 Å². The second-order valence-electron chi connectivity index (χ2n) is 5.54. The van der Waals surface area contributed by atoms with Gasteiger partial charge in [0.05, 0.1) is 5.75 Å². The summed E-state index contributed by atoms with van der Waals surface area (Å²) in [6.07, 6.45) is 0.225. The average Bonchev–Trinajstić information content (AvgIpc) is 2.35. The molecule has 20 heavy (non-hydrogen) atoms. The standard InChI is InChI=1S/C14H19NO4S/c1-10(2)9-20(18,19)15-8-12-6-4-3-5-11(12)7-13(15)14(16)17/h3-6,10,13H,7-9H2,1-2H3,(H,16,17)/t13-/m1/s1. The number of benzene rings is 1. The number of nitrogens with zero attached hydrogens (tertiary/aromatic N) is 1. The molecule has 0 bridgehead atoms. The average molecular weight is 297 g/mol. The van der Waals surface area contributed by atoms with Crippen LogP contribution in [0.1, 0.15) is 25.0 Å². The van der Waals surface area contributed by atoms with Crippen molar-refractivity contribution >= 4 is 16.0 Å². The van der Waals surface area contributed by atoms with Crippen LogP contribution in [-0.4, -0.2) is 35.6 Å². The van der Waals surface area contributed by atoms with E-state index in [1.807, 2.05) is 38.1 Å². The molecule has 0 saturated carbocycles. The normalized spacial score (nSPS) is 19.9. The molecule has 1 aliphatic rings. The molecule has 1 aromatic rings. The van der Waals surface area contributed by atoms with Crippen LogP contribution in [0.2, 0.25) is 0 Å². The van der Waals surface area contributed by atoms with Gasteiger partial charge in [0.1, 0.15) is 6.04 Å². The monoisotopic (exact) mass is 297 g/mol. The quantitative estimate of drug-likeness (QED) is 0.913. The van der Waals surface area contributed by atoms with E-state index in [1.165, 1.54) is 0 Å². The molecule has 0 amide bonds. The number of hydrogen-bond donors (Lipinski definition) is 1. The summed E-state index contributed by atoms with van der Waals surface area (Å²) in [7, 11) is -3.57. The number of aliphatic carboxylic acids is 1. The minimum Gasteiger partial charge on any atom is -0.480 e. The Morgan fingerprint density at radius 3 is 2.50 bits per heavy atom. The summed E-state index contributed by atoms with van der Waals surface area (Å²) < 4.78 is 25.9. The molecule has 1 heterocycles. The molecular weight excluding hydrogens is 278 g/mol. The highest BCUT2D eigenvalue weighted by molar-refractivity contribution is 7.89. The maximum atomic E-state index is 12.4. The number of carbonyl (C=O) groups is 1. The van der Waals surface area contributed by atoms with Crippen molar-refractivity contribution in [3.63, 3.8) is 0 Å². The zero-order valence-corrected chi connectivity index (χ0v) is 12.4.